The fourth-order valence-corrected chi connectivity index (χ4v) is 4.71. The second-order valence-corrected chi connectivity index (χ2v) is 7.19. The molecule has 132 valence electrons. The molecule has 3 aliphatic heterocycles. The minimum atomic E-state index is -0.266. The van der Waals surface area contributed by atoms with Gasteiger partial charge in [-0.3, -0.25) is 9.69 Å². The molecule has 2 atom stereocenters. The van der Waals surface area contributed by atoms with Crippen molar-refractivity contribution in [1.29, 1.82) is 0 Å². The van der Waals surface area contributed by atoms with Crippen molar-refractivity contribution in [1.82, 2.24) is 4.90 Å². The van der Waals surface area contributed by atoms with E-state index in [-0.39, 0.29) is 31.3 Å². The van der Waals surface area contributed by atoms with Crippen molar-refractivity contribution in [3.05, 3.63) is 46.5 Å². The fraction of sp³-hybridized carbons (Fsp3) is 0.350. The molecule has 0 unspecified atom stereocenters. The molecule has 2 aromatic carbocycles. The molecular formula is C20H17NO5. The van der Waals surface area contributed by atoms with E-state index < -0.39 is 0 Å². The summed E-state index contributed by atoms with van der Waals surface area (Å²) >= 11 is 0. The van der Waals surface area contributed by atoms with Crippen LogP contribution in [0.5, 0.6) is 23.0 Å². The summed E-state index contributed by atoms with van der Waals surface area (Å²) in [5.74, 6) is 2.57. The number of likely N-dealkylation sites (N-methyl/N-ethyl adjacent to an activating group) is 1. The Hall–Kier alpha value is -2.73. The summed E-state index contributed by atoms with van der Waals surface area (Å²) in [5, 5.41) is 0. The highest BCUT2D eigenvalue weighted by Crippen LogP contribution is 2.54. The third kappa shape index (κ3) is 1.72. The number of ketones is 1. The largest absolute Gasteiger partial charge is 0.454 e. The maximum absolute atomic E-state index is 13.5. The van der Waals surface area contributed by atoms with Crippen molar-refractivity contribution in [2.45, 2.75) is 18.4 Å². The normalized spacial score (nSPS) is 24.9. The van der Waals surface area contributed by atoms with E-state index in [1.54, 1.807) is 0 Å². The zero-order valence-corrected chi connectivity index (χ0v) is 14.3. The summed E-state index contributed by atoms with van der Waals surface area (Å²) in [6.45, 7) is 1.27. The first-order valence-corrected chi connectivity index (χ1v) is 8.82. The third-order valence-corrected chi connectivity index (χ3v) is 5.91. The average molecular weight is 351 g/mol. The van der Waals surface area contributed by atoms with E-state index in [1.807, 2.05) is 24.3 Å². The molecule has 0 spiro atoms. The van der Waals surface area contributed by atoms with E-state index in [4.69, 9.17) is 18.9 Å². The molecule has 0 bridgehead atoms. The minimum Gasteiger partial charge on any atom is -0.454 e. The number of ether oxygens (including phenoxy) is 4. The molecule has 0 saturated heterocycles. The van der Waals surface area contributed by atoms with Gasteiger partial charge in [-0.05, 0) is 48.4 Å². The first-order chi connectivity index (χ1) is 12.7. The van der Waals surface area contributed by atoms with Gasteiger partial charge in [0.15, 0.2) is 28.8 Å². The van der Waals surface area contributed by atoms with Gasteiger partial charge in [-0.2, -0.15) is 0 Å². The molecule has 6 rings (SSSR count). The Morgan fingerprint density at radius 3 is 2.62 bits per heavy atom. The summed E-state index contributed by atoms with van der Waals surface area (Å²) < 4.78 is 22.2. The van der Waals surface area contributed by atoms with Gasteiger partial charge in [0, 0.05) is 12.6 Å². The van der Waals surface area contributed by atoms with Crippen LogP contribution in [0.1, 0.15) is 39.0 Å². The van der Waals surface area contributed by atoms with Gasteiger partial charge in [0.1, 0.15) is 0 Å². The summed E-state index contributed by atoms with van der Waals surface area (Å²) in [5.41, 5.74) is 3.89. The van der Waals surface area contributed by atoms with Gasteiger partial charge in [-0.15, -0.1) is 0 Å². The predicted molar refractivity (Wildman–Crippen MR) is 91.3 cm³/mol. The van der Waals surface area contributed by atoms with Crippen LogP contribution in [0.4, 0.5) is 0 Å². The molecule has 1 aliphatic carbocycles. The topological polar surface area (TPSA) is 57.2 Å². The van der Waals surface area contributed by atoms with Gasteiger partial charge in [-0.25, -0.2) is 0 Å². The molecular weight excluding hydrogens is 334 g/mol. The van der Waals surface area contributed by atoms with Gasteiger partial charge in [0.25, 0.3) is 0 Å². The third-order valence-electron chi connectivity index (χ3n) is 5.91. The second-order valence-electron chi connectivity index (χ2n) is 7.19. The smallest absolute Gasteiger partial charge is 0.231 e. The number of rotatable bonds is 0. The number of benzene rings is 2. The number of hydrogen-bond donors (Lipinski definition) is 0. The van der Waals surface area contributed by atoms with Crippen molar-refractivity contribution in [3.63, 3.8) is 0 Å². The summed E-state index contributed by atoms with van der Waals surface area (Å²) in [4.78, 5) is 15.8. The van der Waals surface area contributed by atoms with Gasteiger partial charge < -0.3 is 18.9 Å². The number of hydrogen-bond acceptors (Lipinski definition) is 6. The standard InChI is InChI=1S/C20H17NO5/c1-21-5-4-10-6-14-15(25-8-24-14)7-12(10)16-18(21)11-2-3-13-20(26-9-23-13)17(11)19(16)22/h2-3,6-7,16,18H,4-5,8-9H2,1H3/t16-,18-/m1/s1. The summed E-state index contributed by atoms with van der Waals surface area (Å²) in [7, 11) is 2.08. The predicted octanol–water partition coefficient (Wildman–Crippen LogP) is 2.65. The van der Waals surface area contributed by atoms with Gasteiger partial charge in [0.2, 0.25) is 13.6 Å². The molecule has 0 amide bonds. The lowest BCUT2D eigenvalue weighted by Gasteiger charge is -2.27. The lowest BCUT2D eigenvalue weighted by Crippen LogP contribution is -2.27. The van der Waals surface area contributed by atoms with Crippen molar-refractivity contribution in [2.75, 3.05) is 27.2 Å². The molecule has 26 heavy (non-hydrogen) atoms. The van der Waals surface area contributed by atoms with Gasteiger partial charge in [-0.1, -0.05) is 6.07 Å². The summed E-state index contributed by atoms with van der Waals surface area (Å²) in [6.07, 6.45) is 0.878. The van der Waals surface area contributed by atoms with Crippen LogP contribution in [-0.2, 0) is 6.42 Å². The number of fused-ring (bicyclic) bond motifs is 8. The van der Waals surface area contributed by atoms with Gasteiger partial charge in [0.05, 0.1) is 11.5 Å². The van der Waals surface area contributed by atoms with E-state index in [0.717, 1.165) is 41.2 Å². The molecule has 6 heteroatoms. The zero-order valence-electron chi connectivity index (χ0n) is 14.3. The fourth-order valence-electron chi connectivity index (χ4n) is 4.71. The Bertz CT molecular complexity index is 969. The first kappa shape index (κ1) is 14.4. The van der Waals surface area contributed by atoms with Crippen LogP contribution in [0.15, 0.2) is 24.3 Å². The molecule has 0 aromatic heterocycles. The maximum Gasteiger partial charge on any atom is 0.231 e. The van der Waals surface area contributed by atoms with Crippen LogP contribution >= 0.6 is 0 Å². The Morgan fingerprint density at radius 1 is 0.962 bits per heavy atom. The van der Waals surface area contributed by atoms with E-state index in [9.17, 15) is 4.79 Å². The lowest BCUT2D eigenvalue weighted by atomic mass is 9.88. The highest BCUT2D eigenvalue weighted by molar-refractivity contribution is 6.09. The lowest BCUT2D eigenvalue weighted by molar-refractivity contribution is 0.0929. The van der Waals surface area contributed by atoms with Crippen LogP contribution in [-0.4, -0.2) is 37.9 Å². The number of carbonyl (C=O) groups excluding carboxylic acids is 1. The Morgan fingerprint density at radius 2 is 1.73 bits per heavy atom. The summed E-state index contributed by atoms with van der Waals surface area (Å²) in [6, 6.07) is 7.95. The highest BCUT2D eigenvalue weighted by atomic mass is 16.7. The number of carbonyl (C=O) groups is 1. The van der Waals surface area contributed by atoms with Gasteiger partial charge >= 0.3 is 0 Å². The molecule has 6 nitrogen and oxygen atoms in total. The molecule has 0 saturated carbocycles. The highest BCUT2D eigenvalue weighted by Gasteiger charge is 2.48. The van der Waals surface area contributed by atoms with Crippen molar-refractivity contribution >= 4 is 5.78 Å². The van der Waals surface area contributed by atoms with Crippen LogP contribution < -0.4 is 18.9 Å². The molecule has 4 aliphatic rings. The Labute approximate surface area is 150 Å². The Kier molecular flexibility index (Phi) is 2.73. The van der Waals surface area contributed by atoms with E-state index in [0.29, 0.717) is 17.1 Å². The van der Waals surface area contributed by atoms with E-state index in [1.165, 1.54) is 0 Å². The SMILES string of the molecule is CN1CCc2cc3c(cc2[C@H]2C(=O)c4c(ccc5c4OCO5)[C@H]21)OCO3. The Balaban J connectivity index is 1.58. The van der Waals surface area contributed by atoms with E-state index >= 15 is 0 Å². The maximum atomic E-state index is 13.5. The van der Waals surface area contributed by atoms with E-state index in [2.05, 4.69) is 11.9 Å². The zero-order chi connectivity index (χ0) is 17.4. The van der Waals surface area contributed by atoms with Crippen molar-refractivity contribution in [3.8, 4) is 23.0 Å². The average Bonchev–Trinajstić information content (AvgIpc) is 3.33. The van der Waals surface area contributed by atoms with Crippen LogP contribution in [0.3, 0.4) is 0 Å². The van der Waals surface area contributed by atoms with Crippen molar-refractivity contribution in [2.24, 2.45) is 0 Å². The second kappa shape index (κ2) is 4.92. The number of nitrogens with zero attached hydrogens (tertiary/aromatic N) is 1. The number of Topliss-reactive ketones (excluding diaryl/α,β-unsaturated/α-hetero) is 1. The molecule has 2 aromatic rings. The van der Waals surface area contributed by atoms with Crippen LogP contribution in [0.25, 0.3) is 0 Å². The first-order valence-electron chi connectivity index (χ1n) is 8.82. The minimum absolute atomic E-state index is 0.00591. The van der Waals surface area contributed by atoms with Crippen molar-refractivity contribution < 1.29 is 23.7 Å². The van der Waals surface area contributed by atoms with Crippen LogP contribution in [0.2, 0.25) is 0 Å². The quantitative estimate of drug-likeness (QED) is 0.727. The molecule has 0 N–H and O–H groups in total. The monoisotopic (exact) mass is 351 g/mol. The molecule has 0 fully saturated rings. The molecule has 0 radical (unpaired) electrons. The molecule has 3 heterocycles. The van der Waals surface area contributed by atoms with Crippen LogP contribution in [0, 0.1) is 0 Å².